The van der Waals surface area contributed by atoms with Crippen LogP contribution in [0.5, 0.6) is 5.75 Å². The Kier molecular flexibility index (Phi) is 4.76. The summed E-state index contributed by atoms with van der Waals surface area (Å²) in [6, 6.07) is 10.2. The summed E-state index contributed by atoms with van der Waals surface area (Å²) in [4.78, 5) is 25.2. The van der Waals surface area contributed by atoms with Crippen molar-refractivity contribution in [1.29, 1.82) is 0 Å². The molecule has 3 rings (SSSR count). The second kappa shape index (κ2) is 6.99. The lowest BCUT2D eigenvalue weighted by molar-refractivity contribution is 0.102. The van der Waals surface area contributed by atoms with Crippen LogP contribution in [-0.4, -0.2) is 12.5 Å². The second-order valence-corrected chi connectivity index (χ2v) is 5.87. The number of amides is 1. The molecule has 1 amide bonds. The van der Waals surface area contributed by atoms with Crippen molar-refractivity contribution in [3.63, 3.8) is 0 Å². The van der Waals surface area contributed by atoms with Gasteiger partial charge in [-0.25, -0.2) is 0 Å². The first-order valence-electron chi connectivity index (χ1n) is 7.76. The van der Waals surface area contributed by atoms with E-state index in [1.165, 1.54) is 6.07 Å². The van der Waals surface area contributed by atoms with Crippen LogP contribution in [0.15, 0.2) is 51.9 Å². The third-order valence-corrected chi connectivity index (χ3v) is 4.14. The number of benzene rings is 2. The maximum Gasteiger partial charge on any atom is 0.262 e. The summed E-state index contributed by atoms with van der Waals surface area (Å²) < 4.78 is 10.9. The van der Waals surface area contributed by atoms with Crippen LogP contribution in [0, 0.1) is 6.92 Å². The summed E-state index contributed by atoms with van der Waals surface area (Å²) >= 11 is 6.08. The minimum atomic E-state index is -0.570. The number of rotatable bonds is 4. The zero-order valence-electron chi connectivity index (χ0n) is 13.8. The van der Waals surface area contributed by atoms with Gasteiger partial charge in [0, 0.05) is 5.02 Å². The van der Waals surface area contributed by atoms with E-state index in [2.05, 4.69) is 5.32 Å². The number of aryl methyl sites for hydroxylation is 1. The molecule has 0 fully saturated rings. The summed E-state index contributed by atoms with van der Waals surface area (Å²) in [6.07, 6.45) is 1.16. The topological polar surface area (TPSA) is 68.5 Å². The molecule has 0 radical (unpaired) electrons. The Morgan fingerprint density at radius 2 is 2.04 bits per heavy atom. The molecule has 0 atom stereocenters. The quantitative estimate of drug-likeness (QED) is 0.751. The molecular formula is C19H16ClNO4. The minimum absolute atomic E-state index is 0.0984. The lowest BCUT2D eigenvalue weighted by Crippen LogP contribution is -2.21. The summed E-state index contributed by atoms with van der Waals surface area (Å²) in [7, 11) is 0. The molecule has 0 saturated heterocycles. The summed E-state index contributed by atoms with van der Waals surface area (Å²) in [6.45, 7) is 4.12. The largest absolute Gasteiger partial charge is 0.492 e. The fourth-order valence-electron chi connectivity index (χ4n) is 2.45. The number of nitrogens with one attached hydrogen (secondary N) is 1. The molecule has 25 heavy (non-hydrogen) atoms. The fourth-order valence-corrected chi connectivity index (χ4v) is 2.61. The number of hydrogen-bond donors (Lipinski definition) is 1. The van der Waals surface area contributed by atoms with E-state index >= 15 is 0 Å². The molecule has 5 nitrogen and oxygen atoms in total. The Balaban J connectivity index is 1.99. The van der Waals surface area contributed by atoms with Gasteiger partial charge in [-0.1, -0.05) is 23.7 Å². The molecule has 2 aromatic carbocycles. The highest BCUT2D eigenvalue weighted by Crippen LogP contribution is 2.25. The Labute approximate surface area is 149 Å². The Hall–Kier alpha value is -2.79. The van der Waals surface area contributed by atoms with Crippen molar-refractivity contribution in [2.45, 2.75) is 13.8 Å². The van der Waals surface area contributed by atoms with E-state index < -0.39 is 11.3 Å². The number of anilines is 1. The average Bonchev–Trinajstić information content (AvgIpc) is 2.59. The zero-order chi connectivity index (χ0) is 18.0. The van der Waals surface area contributed by atoms with Crippen LogP contribution in [0.3, 0.4) is 0 Å². The van der Waals surface area contributed by atoms with Crippen molar-refractivity contribution in [3.8, 4) is 5.75 Å². The van der Waals surface area contributed by atoms with Crippen LogP contribution in [-0.2, 0) is 0 Å². The highest BCUT2D eigenvalue weighted by Gasteiger charge is 2.17. The number of para-hydroxylation sites is 2. The van der Waals surface area contributed by atoms with Crippen LogP contribution < -0.4 is 15.5 Å². The second-order valence-electron chi connectivity index (χ2n) is 5.46. The molecule has 0 aliphatic heterocycles. The minimum Gasteiger partial charge on any atom is -0.492 e. The van der Waals surface area contributed by atoms with Crippen molar-refractivity contribution < 1.29 is 13.9 Å². The predicted octanol–water partition coefficient (Wildman–Crippen LogP) is 4.41. The molecule has 0 saturated carbocycles. The number of hydrogen-bond acceptors (Lipinski definition) is 4. The first-order chi connectivity index (χ1) is 12.0. The standard InChI is InChI=1S/C19H16ClNO4/c1-3-24-16-7-5-4-6-15(16)21-19(23)13-10-25-17-8-11(2)14(20)9-12(17)18(13)22/h4-10H,3H2,1-2H3,(H,21,23). The number of fused-ring (bicyclic) bond motifs is 1. The van der Waals surface area contributed by atoms with Crippen molar-refractivity contribution >= 4 is 34.2 Å². The van der Waals surface area contributed by atoms with Gasteiger partial charge in [0.25, 0.3) is 5.91 Å². The van der Waals surface area contributed by atoms with Gasteiger partial charge in [0.2, 0.25) is 5.43 Å². The molecule has 1 aromatic heterocycles. The third kappa shape index (κ3) is 3.37. The van der Waals surface area contributed by atoms with E-state index in [0.29, 0.717) is 28.6 Å². The smallest absolute Gasteiger partial charge is 0.262 e. The van der Waals surface area contributed by atoms with E-state index in [1.54, 1.807) is 30.3 Å². The van der Waals surface area contributed by atoms with Gasteiger partial charge in [-0.15, -0.1) is 0 Å². The lowest BCUT2D eigenvalue weighted by Gasteiger charge is -2.11. The molecule has 128 valence electrons. The molecule has 0 unspecified atom stereocenters. The maximum absolute atomic E-state index is 12.6. The van der Waals surface area contributed by atoms with E-state index in [-0.39, 0.29) is 10.9 Å². The van der Waals surface area contributed by atoms with Gasteiger partial charge in [0.15, 0.2) is 0 Å². The first kappa shape index (κ1) is 17.0. The average molecular weight is 358 g/mol. The molecular weight excluding hydrogens is 342 g/mol. The molecule has 0 spiro atoms. The molecule has 0 aliphatic carbocycles. The number of carbonyl (C=O) groups excluding carboxylic acids is 1. The highest BCUT2D eigenvalue weighted by molar-refractivity contribution is 6.32. The van der Waals surface area contributed by atoms with Crippen molar-refractivity contribution in [2.75, 3.05) is 11.9 Å². The highest BCUT2D eigenvalue weighted by atomic mass is 35.5. The number of carbonyl (C=O) groups is 1. The van der Waals surface area contributed by atoms with Gasteiger partial charge >= 0.3 is 0 Å². The number of halogens is 1. The lowest BCUT2D eigenvalue weighted by atomic mass is 10.1. The third-order valence-electron chi connectivity index (χ3n) is 3.73. The van der Waals surface area contributed by atoms with Crippen LogP contribution in [0.25, 0.3) is 11.0 Å². The van der Waals surface area contributed by atoms with Gasteiger partial charge in [-0.2, -0.15) is 0 Å². The molecule has 6 heteroatoms. The SMILES string of the molecule is CCOc1ccccc1NC(=O)c1coc2cc(C)c(Cl)cc2c1=O. The number of ether oxygens (including phenoxy) is 1. The van der Waals surface area contributed by atoms with Crippen molar-refractivity contribution in [3.05, 3.63) is 69.0 Å². The van der Waals surface area contributed by atoms with E-state index in [0.717, 1.165) is 11.8 Å². The Morgan fingerprint density at radius 1 is 1.28 bits per heavy atom. The maximum atomic E-state index is 12.6. The van der Waals surface area contributed by atoms with E-state index in [9.17, 15) is 9.59 Å². The monoisotopic (exact) mass is 357 g/mol. The molecule has 1 N–H and O–H groups in total. The molecule has 3 aromatic rings. The van der Waals surface area contributed by atoms with E-state index in [1.807, 2.05) is 13.8 Å². The van der Waals surface area contributed by atoms with Crippen LogP contribution in [0.4, 0.5) is 5.69 Å². The predicted molar refractivity (Wildman–Crippen MR) is 97.8 cm³/mol. The van der Waals surface area contributed by atoms with Gasteiger partial charge in [0.05, 0.1) is 17.7 Å². The Morgan fingerprint density at radius 3 is 2.80 bits per heavy atom. The molecule has 1 heterocycles. The van der Waals surface area contributed by atoms with Gasteiger partial charge in [-0.3, -0.25) is 9.59 Å². The van der Waals surface area contributed by atoms with Crippen molar-refractivity contribution in [2.24, 2.45) is 0 Å². The van der Waals surface area contributed by atoms with Gasteiger partial charge < -0.3 is 14.5 Å². The van der Waals surface area contributed by atoms with Crippen LogP contribution in [0.1, 0.15) is 22.8 Å². The Bertz CT molecular complexity index is 1010. The molecule has 0 bridgehead atoms. The van der Waals surface area contributed by atoms with Gasteiger partial charge in [-0.05, 0) is 43.7 Å². The summed E-state index contributed by atoms with van der Waals surface area (Å²) in [5.74, 6) is -0.0401. The zero-order valence-corrected chi connectivity index (χ0v) is 14.5. The normalized spacial score (nSPS) is 10.7. The fraction of sp³-hybridized carbons (Fsp3) is 0.158. The first-order valence-corrected chi connectivity index (χ1v) is 8.14. The summed E-state index contributed by atoms with van der Waals surface area (Å²) in [5, 5.41) is 3.39. The molecule has 0 aliphatic rings. The van der Waals surface area contributed by atoms with E-state index in [4.69, 9.17) is 20.8 Å². The van der Waals surface area contributed by atoms with Crippen molar-refractivity contribution in [1.82, 2.24) is 0 Å². The summed E-state index contributed by atoms with van der Waals surface area (Å²) in [5.41, 5.74) is 1.13. The van der Waals surface area contributed by atoms with Crippen LogP contribution in [0.2, 0.25) is 5.02 Å². The van der Waals surface area contributed by atoms with Crippen LogP contribution >= 0.6 is 11.6 Å². The van der Waals surface area contributed by atoms with Gasteiger partial charge in [0.1, 0.15) is 23.2 Å².